The Labute approximate surface area is 200 Å². The molecule has 0 saturated heterocycles. The highest BCUT2D eigenvalue weighted by Gasteiger charge is 2.31. The smallest absolute Gasteiger partial charge is 0.127 e. The fourth-order valence-corrected chi connectivity index (χ4v) is 4.75. The predicted molar refractivity (Wildman–Crippen MR) is 135 cm³/mol. The fraction of sp³-hybridized carbons (Fsp3) is 0.586. The van der Waals surface area contributed by atoms with Gasteiger partial charge in [0.1, 0.15) is 23.7 Å². The van der Waals surface area contributed by atoms with Crippen molar-refractivity contribution in [1.29, 1.82) is 0 Å². The van der Waals surface area contributed by atoms with Gasteiger partial charge in [-0.15, -0.1) is 0 Å². The Bertz CT molecular complexity index is 899. The van der Waals surface area contributed by atoms with Gasteiger partial charge in [0.2, 0.25) is 0 Å². The van der Waals surface area contributed by atoms with Gasteiger partial charge in [0, 0.05) is 11.1 Å². The largest absolute Gasteiger partial charge is 0.496 e. The van der Waals surface area contributed by atoms with Crippen LogP contribution >= 0.6 is 0 Å². The molecule has 4 heteroatoms. The third-order valence-corrected chi connectivity index (χ3v) is 6.86. The minimum Gasteiger partial charge on any atom is -0.496 e. The summed E-state index contributed by atoms with van der Waals surface area (Å²) >= 11 is 0. The van der Waals surface area contributed by atoms with Crippen molar-refractivity contribution >= 4 is 0 Å². The molecule has 3 rings (SSSR count). The van der Waals surface area contributed by atoms with E-state index in [1.54, 1.807) is 14.2 Å². The molecule has 0 fully saturated rings. The van der Waals surface area contributed by atoms with Crippen molar-refractivity contribution in [2.75, 3.05) is 14.2 Å². The number of benzene rings is 2. The number of ether oxygens (including phenoxy) is 2. The molecule has 0 aromatic heterocycles. The average molecular weight is 455 g/mol. The molecule has 2 atom stereocenters. The quantitative estimate of drug-likeness (QED) is 0.556. The fourth-order valence-electron chi connectivity index (χ4n) is 4.75. The lowest BCUT2D eigenvalue weighted by Crippen LogP contribution is -2.19. The maximum Gasteiger partial charge on any atom is 0.127 e. The average Bonchev–Trinajstić information content (AvgIpc) is 2.74. The Hall–Kier alpha value is -2.04. The molecule has 0 saturated carbocycles. The number of hydrogen-bond acceptors (Lipinski definition) is 4. The molecule has 0 aliphatic heterocycles. The van der Waals surface area contributed by atoms with E-state index in [0.29, 0.717) is 22.6 Å². The van der Waals surface area contributed by atoms with Gasteiger partial charge in [-0.1, -0.05) is 60.1 Å². The zero-order valence-corrected chi connectivity index (χ0v) is 21.7. The van der Waals surface area contributed by atoms with E-state index >= 15 is 0 Å². The summed E-state index contributed by atoms with van der Waals surface area (Å²) < 4.78 is 11.7. The Morgan fingerprint density at radius 3 is 1.30 bits per heavy atom. The molecule has 182 valence electrons. The van der Waals surface area contributed by atoms with Crippen LogP contribution in [0.15, 0.2) is 24.3 Å². The minimum atomic E-state index is -1.14. The summed E-state index contributed by atoms with van der Waals surface area (Å²) in [5.41, 5.74) is 5.54. The minimum absolute atomic E-state index is 0.0919. The van der Waals surface area contributed by atoms with E-state index in [1.165, 1.54) is 0 Å². The van der Waals surface area contributed by atoms with Crippen LogP contribution in [0.4, 0.5) is 0 Å². The molecule has 2 N–H and O–H groups in total. The Kier molecular flexibility index (Phi) is 7.50. The normalized spacial score (nSPS) is 19.8. The first-order chi connectivity index (χ1) is 15.4. The van der Waals surface area contributed by atoms with E-state index in [0.717, 1.165) is 54.4 Å². The maximum atomic E-state index is 11.5. The van der Waals surface area contributed by atoms with Crippen molar-refractivity contribution < 1.29 is 19.7 Å². The molecule has 0 spiro atoms. The van der Waals surface area contributed by atoms with Crippen molar-refractivity contribution in [2.45, 2.75) is 96.7 Å². The lowest BCUT2D eigenvalue weighted by Gasteiger charge is -2.29. The molecule has 2 aromatic rings. The summed E-state index contributed by atoms with van der Waals surface area (Å²) in [7, 11) is 3.30. The summed E-state index contributed by atoms with van der Waals surface area (Å²) in [5.74, 6) is 1.36. The maximum absolute atomic E-state index is 11.5. The molecular weight excluding hydrogens is 412 g/mol. The Morgan fingerprint density at radius 2 is 1.00 bits per heavy atom. The van der Waals surface area contributed by atoms with E-state index in [4.69, 9.17) is 9.47 Å². The van der Waals surface area contributed by atoms with Crippen LogP contribution in [0, 0.1) is 0 Å². The topological polar surface area (TPSA) is 58.9 Å². The second-order valence-electron chi connectivity index (χ2n) is 11.5. The first-order valence-corrected chi connectivity index (χ1v) is 12.2. The second-order valence-corrected chi connectivity index (χ2v) is 11.5. The lowest BCUT2D eigenvalue weighted by molar-refractivity contribution is 0.0142. The molecule has 1 aliphatic carbocycles. The van der Waals surface area contributed by atoms with Crippen LogP contribution in [-0.2, 0) is 23.7 Å². The van der Waals surface area contributed by atoms with Gasteiger partial charge in [0.15, 0.2) is 0 Å². The highest BCUT2D eigenvalue weighted by atomic mass is 16.5. The summed E-state index contributed by atoms with van der Waals surface area (Å²) in [6.07, 6.45) is 2.64. The molecule has 0 amide bonds. The number of aliphatic hydroxyl groups excluding tert-OH is 2. The van der Waals surface area contributed by atoms with Gasteiger partial charge in [-0.2, -0.15) is 0 Å². The van der Waals surface area contributed by atoms with Crippen LogP contribution in [-0.4, -0.2) is 24.4 Å². The molecule has 0 heterocycles. The van der Waals surface area contributed by atoms with Gasteiger partial charge in [-0.3, -0.25) is 0 Å². The van der Waals surface area contributed by atoms with Gasteiger partial charge >= 0.3 is 0 Å². The molecule has 33 heavy (non-hydrogen) atoms. The number of aryl methyl sites for hydroxylation is 2. The van der Waals surface area contributed by atoms with Crippen molar-refractivity contribution in [3.05, 3.63) is 57.6 Å². The molecule has 2 unspecified atom stereocenters. The summed E-state index contributed by atoms with van der Waals surface area (Å²) in [6.45, 7) is 13.0. The van der Waals surface area contributed by atoms with Crippen LogP contribution in [0.1, 0.15) is 106 Å². The zero-order valence-electron chi connectivity index (χ0n) is 21.7. The van der Waals surface area contributed by atoms with Crippen LogP contribution < -0.4 is 9.47 Å². The Balaban J connectivity index is 2.28. The highest BCUT2D eigenvalue weighted by Crippen LogP contribution is 2.44. The van der Waals surface area contributed by atoms with Crippen molar-refractivity contribution in [3.63, 3.8) is 0 Å². The van der Waals surface area contributed by atoms with E-state index in [1.807, 2.05) is 12.1 Å². The van der Waals surface area contributed by atoms with Crippen LogP contribution in [0.2, 0.25) is 0 Å². The summed E-state index contributed by atoms with van der Waals surface area (Å²) in [6, 6.07) is 8.41. The number of aliphatic hydroxyl groups is 2. The molecule has 1 aliphatic rings. The van der Waals surface area contributed by atoms with Crippen LogP contribution in [0.5, 0.6) is 11.5 Å². The number of methoxy groups -OCH3 is 2. The second kappa shape index (κ2) is 9.68. The third-order valence-electron chi connectivity index (χ3n) is 6.86. The first kappa shape index (κ1) is 25.6. The molecular formula is C29H42O4. The van der Waals surface area contributed by atoms with Gasteiger partial charge < -0.3 is 19.7 Å². The number of fused-ring (bicyclic) bond motifs is 4. The third kappa shape index (κ3) is 5.38. The predicted octanol–water partition coefficient (Wildman–Crippen LogP) is 6.33. The van der Waals surface area contributed by atoms with Gasteiger partial charge in [0.05, 0.1) is 14.2 Å². The molecule has 4 bridgehead atoms. The van der Waals surface area contributed by atoms with Crippen LogP contribution in [0.25, 0.3) is 0 Å². The monoisotopic (exact) mass is 454 g/mol. The zero-order chi connectivity index (χ0) is 24.6. The Morgan fingerprint density at radius 1 is 0.636 bits per heavy atom. The van der Waals surface area contributed by atoms with E-state index in [9.17, 15) is 10.2 Å². The highest BCUT2D eigenvalue weighted by molar-refractivity contribution is 5.52. The summed E-state index contributed by atoms with van der Waals surface area (Å²) in [5, 5.41) is 23.1. The van der Waals surface area contributed by atoms with E-state index < -0.39 is 12.2 Å². The summed E-state index contributed by atoms with van der Waals surface area (Å²) in [4.78, 5) is 0. The molecule has 4 nitrogen and oxygen atoms in total. The van der Waals surface area contributed by atoms with E-state index in [2.05, 4.69) is 53.7 Å². The van der Waals surface area contributed by atoms with Gasteiger partial charge in [-0.25, -0.2) is 0 Å². The van der Waals surface area contributed by atoms with E-state index in [-0.39, 0.29) is 10.8 Å². The standard InChI is InChI=1S/C29H42O4/c1-28(2,3)20-14-18-12-10-9-11-13-19-15-21(29(4,5)6)17-23(27(19)33-8)25(31)24(30)22(16-20)26(18)32-7/h14-17,24-25,30-31H,9-13H2,1-8H3. The van der Waals surface area contributed by atoms with Crippen LogP contribution in [0.3, 0.4) is 0 Å². The van der Waals surface area contributed by atoms with Gasteiger partial charge in [0.25, 0.3) is 0 Å². The molecule has 2 aromatic carbocycles. The lowest BCUT2D eigenvalue weighted by atomic mass is 9.81. The van der Waals surface area contributed by atoms with Crippen molar-refractivity contribution in [1.82, 2.24) is 0 Å². The first-order valence-electron chi connectivity index (χ1n) is 12.2. The number of rotatable bonds is 2. The SMILES string of the molecule is COc1c2cc(C(C)(C)C)cc1C(O)C(O)c1cc(C(C)(C)C)cc(c1OC)CCCCC2. The molecule has 0 radical (unpaired) electrons. The van der Waals surface area contributed by atoms with Crippen molar-refractivity contribution in [3.8, 4) is 11.5 Å². The number of hydrogen-bond donors (Lipinski definition) is 2. The van der Waals surface area contributed by atoms with Crippen molar-refractivity contribution in [2.24, 2.45) is 0 Å². The van der Waals surface area contributed by atoms with Gasteiger partial charge in [-0.05, 0) is 70.9 Å².